The van der Waals surface area contributed by atoms with Gasteiger partial charge in [-0.15, -0.1) is 0 Å². The first-order valence-electron chi connectivity index (χ1n) is 9.59. The molecule has 156 valence electrons. The first-order valence-corrected chi connectivity index (χ1v) is 9.59. The maximum Gasteiger partial charge on any atom is 0.262 e. The third kappa shape index (κ3) is 7.91. The molecule has 0 radical (unpaired) electrons. The number of rotatable bonds is 11. The highest BCUT2D eigenvalue weighted by Crippen LogP contribution is 2.18. The van der Waals surface area contributed by atoms with E-state index in [0.29, 0.717) is 37.7 Å². The standard InChI is InChI=1S/C22H27FN2O4/c1-16(2)14-28-13-7-12-24-22(27)17-8-3-6-11-20(17)29-15-21(26)25-19-10-5-4-9-18(19)23/h3-6,8-11,16H,7,12-15H2,1-2H3,(H,24,27)(H,25,26). The summed E-state index contributed by atoms with van der Waals surface area (Å²) in [5.74, 6) is -0.585. The molecular weight excluding hydrogens is 375 g/mol. The topological polar surface area (TPSA) is 76.7 Å². The molecule has 0 bridgehead atoms. The van der Waals surface area contributed by atoms with Crippen LogP contribution in [-0.4, -0.2) is 38.2 Å². The van der Waals surface area contributed by atoms with Gasteiger partial charge in [-0.2, -0.15) is 0 Å². The Morgan fingerprint density at radius 3 is 2.55 bits per heavy atom. The summed E-state index contributed by atoms with van der Waals surface area (Å²) in [5.41, 5.74) is 0.404. The van der Waals surface area contributed by atoms with Crippen molar-refractivity contribution in [3.8, 4) is 5.75 Å². The molecule has 0 heterocycles. The minimum atomic E-state index is -0.530. The van der Waals surface area contributed by atoms with Crippen LogP contribution in [0.1, 0.15) is 30.6 Å². The summed E-state index contributed by atoms with van der Waals surface area (Å²) in [6.07, 6.45) is 0.701. The van der Waals surface area contributed by atoms with Gasteiger partial charge in [0, 0.05) is 19.8 Å². The SMILES string of the molecule is CC(C)COCCCNC(=O)c1ccccc1OCC(=O)Nc1ccccc1F. The van der Waals surface area contributed by atoms with Crippen LogP contribution >= 0.6 is 0 Å². The fourth-order valence-electron chi connectivity index (χ4n) is 2.46. The molecule has 0 spiro atoms. The van der Waals surface area contributed by atoms with Crippen molar-refractivity contribution in [2.45, 2.75) is 20.3 Å². The number of amides is 2. The van der Waals surface area contributed by atoms with Gasteiger partial charge in [0.2, 0.25) is 0 Å². The number of benzene rings is 2. The molecule has 2 aromatic rings. The zero-order valence-electron chi connectivity index (χ0n) is 16.7. The number of ether oxygens (including phenoxy) is 2. The third-order valence-corrected chi connectivity index (χ3v) is 3.84. The molecule has 2 rings (SSSR count). The summed E-state index contributed by atoms with van der Waals surface area (Å²) in [5, 5.41) is 5.25. The molecule has 0 aliphatic rings. The summed E-state index contributed by atoms with van der Waals surface area (Å²) in [7, 11) is 0. The fourth-order valence-corrected chi connectivity index (χ4v) is 2.46. The molecule has 2 N–H and O–H groups in total. The van der Waals surface area contributed by atoms with E-state index >= 15 is 0 Å². The lowest BCUT2D eigenvalue weighted by Crippen LogP contribution is -2.27. The van der Waals surface area contributed by atoms with Crippen molar-refractivity contribution in [1.29, 1.82) is 0 Å². The Bertz CT molecular complexity index is 811. The Hall–Kier alpha value is -2.93. The van der Waals surface area contributed by atoms with Gasteiger partial charge in [-0.25, -0.2) is 4.39 Å². The van der Waals surface area contributed by atoms with Crippen LogP contribution in [0.4, 0.5) is 10.1 Å². The molecule has 2 amide bonds. The van der Waals surface area contributed by atoms with Crippen molar-refractivity contribution in [2.75, 3.05) is 31.7 Å². The maximum atomic E-state index is 13.6. The smallest absolute Gasteiger partial charge is 0.262 e. The summed E-state index contributed by atoms with van der Waals surface area (Å²) in [6, 6.07) is 12.5. The predicted molar refractivity (Wildman–Crippen MR) is 110 cm³/mol. The van der Waals surface area contributed by atoms with Gasteiger partial charge >= 0.3 is 0 Å². The minimum absolute atomic E-state index is 0.0758. The van der Waals surface area contributed by atoms with Crippen LogP contribution in [0, 0.1) is 11.7 Å². The molecule has 0 aromatic heterocycles. The van der Waals surface area contributed by atoms with E-state index in [1.54, 1.807) is 30.3 Å². The van der Waals surface area contributed by atoms with Gasteiger partial charge in [-0.05, 0) is 36.6 Å². The molecule has 0 aliphatic carbocycles. The van der Waals surface area contributed by atoms with E-state index in [1.165, 1.54) is 18.2 Å². The first kappa shape index (κ1) is 22.4. The predicted octanol–water partition coefficient (Wildman–Crippen LogP) is 3.64. The van der Waals surface area contributed by atoms with E-state index < -0.39 is 11.7 Å². The van der Waals surface area contributed by atoms with Crippen LogP contribution < -0.4 is 15.4 Å². The second-order valence-corrected chi connectivity index (χ2v) is 6.89. The molecule has 0 saturated carbocycles. The Labute approximate surface area is 170 Å². The van der Waals surface area contributed by atoms with Crippen LogP contribution in [0.25, 0.3) is 0 Å². The van der Waals surface area contributed by atoms with Crippen molar-refractivity contribution in [2.24, 2.45) is 5.92 Å². The molecule has 2 aromatic carbocycles. The third-order valence-electron chi connectivity index (χ3n) is 3.84. The van der Waals surface area contributed by atoms with Gasteiger partial charge in [0.25, 0.3) is 11.8 Å². The Balaban J connectivity index is 1.82. The van der Waals surface area contributed by atoms with Gasteiger partial charge in [0.05, 0.1) is 11.3 Å². The van der Waals surface area contributed by atoms with Gasteiger partial charge in [-0.3, -0.25) is 9.59 Å². The van der Waals surface area contributed by atoms with Crippen molar-refractivity contribution in [1.82, 2.24) is 5.32 Å². The summed E-state index contributed by atoms with van der Waals surface area (Å²) in [6.45, 7) is 5.55. The Kier molecular flexibility index (Phi) is 9.11. The molecule has 0 aliphatic heterocycles. The van der Waals surface area contributed by atoms with E-state index in [0.717, 1.165) is 0 Å². The molecular formula is C22H27FN2O4. The Morgan fingerprint density at radius 1 is 1.07 bits per heavy atom. The number of anilines is 1. The number of carbonyl (C=O) groups excluding carboxylic acids is 2. The van der Waals surface area contributed by atoms with E-state index in [-0.39, 0.29) is 24.0 Å². The highest BCUT2D eigenvalue weighted by atomic mass is 19.1. The lowest BCUT2D eigenvalue weighted by molar-refractivity contribution is -0.118. The van der Waals surface area contributed by atoms with Gasteiger partial charge in [0.1, 0.15) is 11.6 Å². The van der Waals surface area contributed by atoms with Crippen molar-refractivity contribution in [3.05, 3.63) is 59.9 Å². The second-order valence-electron chi connectivity index (χ2n) is 6.89. The average molecular weight is 402 g/mol. The minimum Gasteiger partial charge on any atom is -0.483 e. The molecule has 0 atom stereocenters. The number of nitrogens with one attached hydrogen (secondary N) is 2. The Morgan fingerprint density at radius 2 is 1.79 bits per heavy atom. The number of carbonyl (C=O) groups is 2. The zero-order chi connectivity index (χ0) is 21.1. The van der Waals surface area contributed by atoms with E-state index in [9.17, 15) is 14.0 Å². The number of para-hydroxylation sites is 2. The van der Waals surface area contributed by atoms with Crippen LogP contribution in [0.3, 0.4) is 0 Å². The molecule has 0 fully saturated rings. The van der Waals surface area contributed by atoms with Crippen LogP contribution in [0.5, 0.6) is 5.75 Å². The average Bonchev–Trinajstić information content (AvgIpc) is 2.70. The van der Waals surface area contributed by atoms with Crippen molar-refractivity contribution >= 4 is 17.5 Å². The van der Waals surface area contributed by atoms with Crippen molar-refractivity contribution in [3.63, 3.8) is 0 Å². The first-order chi connectivity index (χ1) is 14.0. The molecule has 0 unspecified atom stereocenters. The van der Waals surface area contributed by atoms with Crippen LogP contribution in [-0.2, 0) is 9.53 Å². The zero-order valence-corrected chi connectivity index (χ0v) is 16.7. The fraction of sp³-hybridized carbons (Fsp3) is 0.364. The maximum absolute atomic E-state index is 13.6. The van der Waals surface area contributed by atoms with E-state index in [1.807, 2.05) is 0 Å². The van der Waals surface area contributed by atoms with Gasteiger partial charge in [0.15, 0.2) is 6.61 Å². The number of hydrogen-bond donors (Lipinski definition) is 2. The second kappa shape index (κ2) is 11.8. The van der Waals surface area contributed by atoms with Crippen molar-refractivity contribution < 1.29 is 23.5 Å². The summed E-state index contributed by atoms with van der Waals surface area (Å²) in [4.78, 5) is 24.4. The summed E-state index contributed by atoms with van der Waals surface area (Å²) >= 11 is 0. The van der Waals surface area contributed by atoms with Gasteiger partial charge < -0.3 is 20.1 Å². The lowest BCUT2D eigenvalue weighted by Gasteiger charge is -2.12. The highest BCUT2D eigenvalue weighted by Gasteiger charge is 2.13. The normalized spacial score (nSPS) is 10.6. The number of halogens is 1. The number of hydrogen-bond acceptors (Lipinski definition) is 4. The molecule has 0 saturated heterocycles. The molecule has 29 heavy (non-hydrogen) atoms. The highest BCUT2D eigenvalue weighted by molar-refractivity contribution is 5.97. The lowest BCUT2D eigenvalue weighted by atomic mass is 10.2. The summed E-state index contributed by atoms with van der Waals surface area (Å²) < 4.78 is 24.6. The van der Waals surface area contributed by atoms with Gasteiger partial charge in [-0.1, -0.05) is 38.1 Å². The quantitative estimate of drug-likeness (QED) is 0.563. The monoisotopic (exact) mass is 402 g/mol. The van der Waals surface area contributed by atoms with Crippen LogP contribution in [0.15, 0.2) is 48.5 Å². The molecule has 7 heteroatoms. The van der Waals surface area contributed by atoms with E-state index in [2.05, 4.69) is 24.5 Å². The van der Waals surface area contributed by atoms with E-state index in [4.69, 9.17) is 9.47 Å². The largest absolute Gasteiger partial charge is 0.483 e. The molecule has 6 nitrogen and oxygen atoms in total. The van der Waals surface area contributed by atoms with Crippen LogP contribution in [0.2, 0.25) is 0 Å².